The number of nitrogens with one attached hydrogen (secondary N) is 1. The molecular formula is C15H17FN2O. The van der Waals surface area contributed by atoms with Gasteiger partial charge in [-0.25, -0.2) is 4.39 Å². The first kappa shape index (κ1) is 13.2. The van der Waals surface area contributed by atoms with Crippen LogP contribution in [-0.4, -0.2) is 6.61 Å². The summed E-state index contributed by atoms with van der Waals surface area (Å²) in [6.07, 6.45) is 0. The molecule has 3 N–H and O–H groups in total. The van der Waals surface area contributed by atoms with Gasteiger partial charge in [0, 0.05) is 35.6 Å². The number of benzene rings is 2. The summed E-state index contributed by atoms with van der Waals surface area (Å²) in [5.74, 6) is 0.488. The Labute approximate surface area is 112 Å². The molecule has 0 atom stereocenters. The summed E-state index contributed by atoms with van der Waals surface area (Å²) in [7, 11) is 0. The maximum atomic E-state index is 13.5. The highest BCUT2D eigenvalue weighted by atomic mass is 19.1. The predicted molar refractivity (Wildman–Crippen MR) is 75.8 cm³/mol. The molecule has 0 spiro atoms. The van der Waals surface area contributed by atoms with Crippen LogP contribution >= 0.6 is 0 Å². The van der Waals surface area contributed by atoms with Crippen molar-refractivity contribution in [2.45, 2.75) is 13.5 Å². The number of rotatable bonds is 5. The molecule has 0 aliphatic heterocycles. The maximum absolute atomic E-state index is 13.5. The number of anilines is 2. The zero-order valence-electron chi connectivity index (χ0n) is 10.8. The Bertz CT molecular complexity index is 558. The van der Waals surface area contributed by atoms with Crippen molar-refractivity contribution in [3.05, 3.63) is 53.8 Å². The topological polar surface area (TPSA) is 47.3 Å². The van der Waals surface area contributed by atoms with Gasteiger partial charge in [-0.3, -0.25) is 0 Å². The zero-order valence-corrected chi connectivity index (χ0v) is 10.8. The lowest BCUT2D eigenvalue weighted by Gasteiger charge is -2.11. The van der Waals surface area contributed by atoms with E-state index in [4.69, 9.17) is 10.5 Å². The van der Waals surface area contributed by atoms with Crippen LogP contribution in [0.2, 0.25) is 0 Å². The molecule has 2 rings (SSSR count). The van der Waals surface area contributed by atoms with Crippen LogP contribution in [0.25, 0.3) is 0 Å². The molecule has 0 saturated heterocycles. The fraction of sp³-hybridized carbons (Fsp3) is 0.200. The van der Waals surface area contributed by atoms with Gasteiger partial charge in [0.15, 0.2) is 0 Å². The molecule has 2 aromatic carbocycles. The van der Waals surface area contributed by atoms with Gasteiger partial charge >= 0.3 is 0 Å². The zero-order chi connectivity index (χ0) is 13.7. The number of halogens is 1. The maximum Gasteiger partial charge on any atom is 0.128 e. The molecule has 0 saturated carbocycles. The fourth-order valence-corrected chi connectivity index (χ4v) is 1.81. The Hall–Kier alpha value is -2.23. The van der Waals surface area contributed by atoms with Crippen molar-refractivity contribution >= 4 is 11.4 Å². The minimum atomic E-state index is -0.219. The summed E-state index contributed by atoms with van der Waals surface area (Å²) in [5, 5.41) is 3.14. The Morgan fingerprint density at radius 2 is 2.00 bits per heavy atom. The van der Waals surface area contributed by atoms with E-state index in [0.29, 0.717) is 30.2 Å². The van der Waals surface area contributed by atoms with E-state index in [0.717, 1.165) is 5.69 Å². The molecule has 100 valence electrons. The summed E-state index contributed by atoms with van der Waals surface area (Å²) in [6.45, 7) is 2.90. The molecule has 0 bridgehead atoms. The van der Waals surface area contributed by atoms with Gasteiger partial charge in [0.05, 0.1) is 6.61 Å². The molecule has 0 aliphatic rings. The van der Waals surface area contributed by atoms with E-state index in [-0.39, 0.29) is 5.82 Å². The van der Waals surface area contributed by atoms with Crippen LogP contribution in [0.3, 0.4) is 0 Å². The van der Waals surface area contributed by atoms with Gasteiger partial charge in [0.2, 0.25) is 0 Å². The summed E-state index contributed by atoms with van der Waals surface area (Å²) >= 11 is 0. The standard InChI is InChI=1S/C15H17FN2O/c1-2-19-14-8-12(17)7-13(9-14)18-10-11-5-3-4-6-15(11)16/h3-9,18H,2,10,17H2,1H3. The van der Waals surface area contributed by atoms with Gasteiger partial charge in [-0.1, -0.05) is 18.2 Å². The van der Waals surface area contributed by atoms with Crippen LogP contribution in [-0.2, 0) is 6.54 Å². The molecule has 0 aliphatic carbocycles. The monoisotopic (exact) mass is 260 g/mol. The molecule has 0 heterocycles. The summed E-state index contributed by atoms with van der Waals surface area (Å²) in [4.78, 5) is 0. The lowest BCUT2D eigenvalue weighted by molar-refractivity contribution is 0.340. The van der Waals surface area contributed by atoms with E-state index < -0.39 is 0 Å². The smallest absolute Gasteiger partial charge is 0.128 e. The molecule has 0 radical (unpaired) electrons. The SMILES string of the molecule is CCOc1cc(N)cc(NCc2ccccc2F)c1. The first-order chi connectivity index (χ1) is 9.19. The molecule has 2 aromatic rings. The Balaban J connectivity index is 2.09. The number of hydrogen-bond donors (Lipinski definition) is 2. The predicted octanol–water partition coefficient (Wildman–Crippen LogP) is 3.42. The van der Waals surface area contributed by atoms with E-state index >= 15 is 0 Å². The summed E-state index contributed by atoms with van der Waals surface area (Å²) in [5.41, 5.74) is 7.83. The van der Waals surface area contributed by atoms with Crippen molar-refractivity contribution in [1.29, 1.82) is 0 Å². The normalized spacial score (nSPS) is 10.2. The average molecular weight is 260 g/mol. The summed E-state index contributed by atoms with van der Waals surface area (Å²) < 4.78 is 18.9. The van der Waals surface area contributed by atoms with E-state index in [2.05, 4.69) is 5.32 Å². The largest absolute Gasteiger partial charge is 0.494 e. The van der Waals surface area contributed by atoms with Gasteiger partial charge < -0.3 is 15.8 Å². The van der Waals surface area contributed by atoms with Crippen molar-refractivity contribution in [3.8, 4) is 5.75 Å². The van der Waals surface area contributed by atoms with Crippen LogP contribution in [0.4, 0.5) is 15.8 Å². The first-order valence-electron chi connectivity index (χ1n) is 6.19. The van der Waals surface area contributed by atoms with Crippen LogP contribution in [0.15, 0.2) is 42.5 Å². The van der Waals surface area contributed by atoms with Crippen molar-refractivity contribution in [1.82, 2.24) is 0 Å². The third-order valence-electron chi connectivity index (χ3n) is 2.68. The van der Waals surface area contributed by atoms with Crippen LogP contribution < -0.4 is 15.8 Å². The molecular weight excluding hydrogens is 243 g/mol. The van der Waals surface area contributed by atoms with Crippen LogP contribution in [0, 0.1) is 5.82 Å². The van der Waals surface area contributed by atoms with Gasteiger partial charge in [0.25, 0.3) is 0 Å². The van der Waals surface area contributed by atoms with Gasteiger partial charge in [0.1, 0.15) is 11.6 Å². The third kappa shape index (κ3) is 3.61. The Morgan fingerprint density at radius 1 is 1.21 bits per heavy atom. The molecule has 0 unspecified atom stereocenters. The second-order valence-electron chi connectivity index (χ2n) is 4.17. The Kier molecular flexibility index (Phi) is 4.23. The van der Waals surface area contributed by atoms with Gasteiger partial charge in [-0.2, -0.15) is 0 Å². The fourth-order valence-electron chi connectivity index (χ4n) is 1.81. The third-order valence-corrected chi connectivity index (χ3v) is 2.68. The lowest BCUT2D eigenvalue weighted by atomic mass is 10.2. The molecule has 0 amide bonds. The van der Waals surface area contributed by atoms with E-state index in [1.54, 1.807) is 24.3 Å². The first-order valence-corrected chi connectivity index (χ1v) is 6.19. The average Bonchev–Trinajstić information content (AvgIpc) is 2.37. The van der Waals surface area contributed by atoms with Gasteiger partial charge in [-0.15, -0.1) is 0 Å². The lowest BCUT2D eigenvalue weighted by Crippen LogP contribution is -2.03. The summed E-state index contributed by atoms with van der Waals surface area (Å²) in [6, 6.07) is 12.1. The second-order valence-corrected chi connectivity index (χ2v) is 4.17. The number of hydrogen-bond acceptors (Lipinski definition) is 3. The number of ether oxygens (including phenoxy) is 1. The minimum Gasteiger partial charge on any atom is -0.494 e. The quantitative estimate of drug-likeness (QED) is 0.810. The van der Waals surface area contributed by atoms with Crippen molar-refractivity contribution in [3.63, 3.8) is 0 Å². The molecule has 3 nitrogen and oxygen atoms in total. The number of nitrogen functional groups attached to an aromatic ring is 1. The van der Waals surface area contributed by atoms with Crippen molar-refractivity contribution < 1.29 is 9.13 Å². The Morgan fingerprint density at radius 3 is 2.74 bits per heavy atom. The van der Waals surface area contributed by atoms with Crippen LogP contribution in [0.1, 0.15) is 12.5 Å². The van der Waals surface area contributed by atoms with Gasteiger partial charge in [-0.05, 0) is 19.1 Å². The second kappa shape index (κ2) is 6.09. The van der Waals surface area contributed by atoms with E-state index in [1.807, 2.05) is 19.1 Å². The molecule has 0 fully saturated rings. The molecule has 0 aromatic heterocycles. The highest BCUT2D eigenvalue weighted by molar-refractivity contribution is 5.59. The minimum absolute atomic E-state index is 0.219. The number of nitrogens with two attached hydrogens (primary N) is 1. The van der Waals surface area contributed by atoms with Crippen molar-refractivity contribution in [2.24, 2.45) is 0 Å². The molecule has 19 heavy (non-hydrogen) atoms. The van der Waals surface area contributed by atoms with Crippen molar-refractivity contribution in [2.75, 3.05) is 17.7 Å². The van der Waals surface area contributed by atoms with E-state index in [1.165, 1.54) is 6.07 Å². The molecule has 4 heteroatoms. The highest BCUT2D eigenvalue weighted by Crippen LogP contribution is 2.23. The van der Waals surface area contributed by atoms with E-state index in [9.17, 15) is 4.39 Å². The highest BCUT2D eigenvalue weighted by Gasteiger charge is 2.02. The van der Waals surface area contributed by atoms with Crippen LogP contribution in [0.5, 0.6) is 5.75 Å².